The minimum absolute atomic E-state index is 0.0434. The van der Waals surface area contributed by atoms with E-state index >= 15 is 0 Å². The zero-order valence-electron chi connectivity index (χ0n) is 6.96. The third kappa shape index (κ3) is 1.25. The van der Waals surface area contributed by atoms with Crippen LogP contribution >= 0.6 is 0 Å². The average Bonchev–Trinajstić information content (AvgIpc) is 2.00. The molecule has 0 spiro atoms. The molecular weight excluding hydrogens is 156 g/mol. The van der Waals surface area contributed by atoms with Crippen LogP contribution in [-0.2, 0) is 0 Å². The highest BCUT2D eigenvalue weighted by molar-refractivity contribution is 5.91. The van der Waals surface area contributed by atoms with Crippen LogP contribution in [0.5, 0.6) is 5.75 Å². The van der Waals surface area contributed by atoms with Gasteiger partial charge in [-0.05, 0) is 31.0 Å². The predicted octanol–water partition coefficient (Wildman–Crippen LogP) is 1.71. The van der Waals surface area contributed by atoms with Crippen molar-refractivity contribution in [3.8, 4) is 5.75 Å². The van der Waals surface area contributed by atoms with Gasteiger partial charge in [0.2, 0.25) is 0 Å². The molecule has 0 atom stereocenters. The third-order valence-electron chi connectivity index (χ3n) is 1.93. The molecule has 1 rings (SSSR count). The molecule has 3 nitrogen and oxygen atoms in total. The Hall–Kier alpha value is -1.51. The van der Waals surface area contributed by atoms with Crippen molar-refractivity contribution in [2.24, 2.45) is 0 Å². The number of aryl methyl sites for hydroxylation is 1. The van der Waals surface area contributed by atoms with Crippen molar-refractivity contribution in [2.45, 2.75) is 13.8 Å². The Morgan fingerprint density at radius 2 is 1.92 bits per heavy atom. The van der Waals surface area contributed by atoms with Gasteiger partial charge in [0.05, 0.1) is 0 Å². The molecule has 0 amide bonds. The monoisotopic (exact) mass is 166 g/mol. The Bertz CT molecular complexity index is 329. The summed E-state index contributed by atoms with van der Waals surface area (Å²) in [5, 5.41) is 18.0. The van der Waals surface area contributed by atoms with Gasteiger partial charge in [0.15, 0.2) is 0 Å². The van der Waals surface area contributed by atoms with Crippen molar-refractivity contribution in [2.75, 3.05) is 0 Å². The first-order valence-electron chi connectivity index (χ1n) is 3.56. The van der Waals surface area contributed by atoms with E-state index in [1.54, 1.807) is 13.0 Å². The molecule has 0 aliphatic rings. The first-order valence-corrected chi connectivity index (χ1v) is 3.56. The van der Waals surface area contributed by atoms with Gasteiger partial charge in [-0.3, -0.25) is 0 Å². The maximum atomic E-state index is 10.5. The van der Waals surface area contributed by atoms with Gasteiger partial charge in [0.25, 0.3) is 0 Å². The zero-order chi connectivity index (χ0) is 9.30. The van der Waals surface area contributed by atoms with Crippen molar-refractivity contribution < 1.29 is 15.0 Å². The minimum Gasteiger partial charge on any atom is -0.507 e. The molecule has 1 aromatic rings. The first-order chi connectivity index (χ1) is 5.54. The number of carboxylic acid groups (broad SMARTS) is 1. The highest BCUT2D eigenvalue weighted by Crippen LogP contribution is 2.24. The lowest BCUT2D eigenvalue weighted by molar-refractivity contribution is 0.0693. The van der Waals surface area contributed by atoms with Crippen molar-refractivity contribution in [1.29, 1.82) is 0 Å². The number of benzene rings is 1. The number of hydrogen-bond acceptors (Lipinski definition) is 2. The Labute approximate surface area is 70.3 Å². The van der Waals surface area contributed by atoms with Gasteiger partial charge >= 0.3 is 5.97 Å². The van der Waals surface area contributed by atoms with E-state index in [0.717, 1.165) is 5.56 Å². The summed E-state index contributed by atoms with van der Waals surface area (Å²) >= 11 is 0. The lowest BCUT2D eigenvalue weighted by atomic mass is 10.0. The van der Waals surface area contributed by atoms with Crippen LogP contribution in [0.3, 0.4) is 0 Å². The number of rotatable bonds is 1. The minimum atomic E-state index is -1.10. The van der Waals surface area contributed by atoms with Gasteiger partial charge in [-0.15, -0.1) is 0 Å². The molecular formula is C9H10O3. The topological polar surface area (TPSA) is 57.5 Å². The molecule has 0 bridgehead atoms. The molecule has 0 aliphatic heterocycles. The molecule has 0 fully saturated rings. The fourth-order valence-electron chi connectivity index (χ4n) is 0.974. The molecule has 0 saturated carbocycles. The molecule has 0 heterocycles. The van der Waals surface area contributed by atoms with Crippen LogP contribution in [0.25, 0.3) is 0 Å². The fourth-order valence-corrected chi connectivity index (χ4v) is 0.974. The molecule has 2 N–H and O–H groups in total. The first kappa shape index (κ1) is 8.59. The quantitative estimate of drug-likeness (QED) is 0.667. The maximum absolute atomic E-state index is 10.5. The summed E-state index contributed by atoms with van der Waals surface area (Å²) in [6.07, 6.45) is 0. The summed E-state index contributed by atoms with van der Waals surface area (Å²) in [7, 11) is 0. The van der Waals surface area contributed by atoms with Gasteiger partial charge in [-0.25, -0.2) is 4.79 Å². The summed E-state index contributed by atoms with van der Waals surface area (Å²) in [5.74, 6) is -1.24. The molecule has 64 valence electrons. The summed E-state index contributed by atoms with van der Waals surface area (Å²) in [5.41, 5.74) is 1.46. The third-order valence-corrected chi connectivity index (χ3v) is 1.93. The highest BCUT2D eigenvalue weighted by atomic mass is 16.4. The second-order valence-electron chi connectivity index (χ2n) is 2.71. The summed E-state index contributed by atoms with van der Waals surface area (Å²) < 4.78 is 0. The van der Waals surface area contributed by atoms with Crippen LogP contribution in [-0.4, -0.2) is 16.2 Å². The number of carboxylic acids is 1. The largest absolute Gasteiger partial charge is 0.507 e. The molecule has 12 heavy (non-hydrogen) atoms. The molecule has 1 aromatic carbocycles. The Kier molecular flexibility index (Phi) is 2.04. The van der Waals surface area contributed by atoms with E-state index in [2.05, 4.69) is 0 Å². The van der Waals surface area contributed by atoms with Crippen LogP contribution < -0.4 is 0 Å². The van der Waals surface area contributed by atoms with E-state index in [0.29, 0.717) is 5.56 Å². The van der Waals surface area contributed by atoms with Crippen molar-refractivity contribution >= 4 is 5.97 Å². The van der Waals surface area contributed by atoms with Crippen molar-refractivity contribution in [1.82, 2.24) is 0 Å². The van der Waals surface area contributed by atoms with Gasteiger partial charge in [0, 0.05) is 0 Å². The number of hydrogen-bond donors (Lipinski definition) is 2. The predicted molar refractivity (Wildman–Crippen MR) is 44.5 cm³/mol. The number of phenols is 1. The fraction of sp³-hybridized carbons (Fsp3) is 0.222. The average molecular weight is 166 g/mol. The number of aromatic hydroxyl groups is 1. The lowest BCUT2D eigenvalue weighted by Gasteiger charge is -2.05. The smallest absolute Gasteiger partial charge is 0.339 e. The van der Waals surface area contributed by atoms with Gasteiger partial charge in [-0.2, -0.15) is 0 Å². The Morgan fingerprint density at radius 1 is 1.33 bits per heavy atom. The van der Waals surface area contributed by atoms with Crippen LogP contribution in [0.4, 0.5) is 0 Å². The van der Waals surface area contributed by atoms with Gasteiger partial charge in [0.1, 0.15) is 11.3 Å². The molecule has 0 aromatic heterocycles. The van der Waals surface area contributed by atoms with Crippen LogP contribution in [0.1, 0.15) is 21.5 Å². The van der Waals surface area contributed by atoms with E-state index in [1.165, 1.54) is 6.07 Å². The standard InChI is InChI=1S/C9H10O3/c1-5-3-4-7(9(11)12)8(10)6(5)2/h3-4,10H,1-2H3,(H,11,12). The van der Waals surface area contributed by atoms with E-state index in [-0.39, 0.29) is 11.3 Å². The molecule has 0 radical (unpaired) electrons. The Morgan fingerprint density at radius 3 is 2.42 bits per heavy atom. The van der Waals surface area contributed by atoms with Crippen molar-refractivity contribution in [3.05, 3.63) is 28.8 Å². The Balaban J connectivity index is 3.36. The zero-order valence-corrected chi connectivity index (χ0v) is 6.96. The lowest BCUT2D eigenvalue weighted by Crippen LogP contribution is -1.98. The van der Waals surface area contributed by atoms with Crippen molar-refractivity contribution in [3.63, 3.8) is 0 Å². The summed E-state index contributed by atoms with van der Waals surface area (Å²) in [6, 6.07) is 3.08. The number of aromatic carboxylic acids is 1. The van der Waals surface area contributed by atoms with E-state index in [9.17, 15) is 9.90 Å². The molecule has 0 unspecified atom stereocenters. The van der Waals surface area contributed by atoms with Crippen LogP contribution in [0, 0.1) is 13.8 Å². The van der Waals surface area contributed by atoms with Gasteiger partial charge < -0.3 is 10.2 Å². The molecule has 3 heteroatoms. The number of carbonyl (C=O) groups is 1. The van der Waals surface area contributed by atoms with Gasteiger partial charge in [-0.1, -0.05) is 6.07 Å². The van der Waals surface area contributed by atoms with Crippen LogP contribution in [0.2, 0.25) is 0 Å². The summed E-state index contributed by atoms with van der Waals surface area (Å²) in [6.45, 7) is 3.51. The highest BCUT2D eigenvalue weighted by Gasteiger charge is 2.11. The second-order valence-corrected chi connectivity index (χ2v) is 2.71. The normalized spacial score (nSPS) is 9.83. The maximum Gasteiger partial charge on any atom is 0.339 e. The van der Waals surface area contributed by atoms with E-state index in [4.69, 9.17) is 5.11 Å². The SMILES string of the molecule is Cc1ccc(C(=O)O)c(O)c1C. The van der Waals surface area contributed by atoms with E-state index in [1.807, 2.05) is 6.92 Å². The molecule has 0 aliphatic carbocycles. The molecule has 0 saturated heterocycles. The van der Waals surface area contributed by atoms with E-state index < -0.39 is 5.97 Å². The summed E-state index contributed by atoms with van der Waals surface area (Å²) in [4.78, 5) is 10.5. The van der Waals surface area contributed by atoms with Crippen LogP contribution in [0.15, 0.2) is 12.1 Å². The second kappa shape index (κ2) is 2.85.